The van der Waals surface area contributed by atoms with E-state index >= 15 is 0 Å². The molecule has 2 rings (SSSR count). The molecule has 0 aliphatic heterocycles. The predicted octanol–water partition coefficient (Wildman–Crippen LogP) is 2.09. The summed E-state index contributed by atoms with van der Waals surface area (Å²) in [5, 5.41) is 9.26. The van der Waals surface area contributed by atoms with Gasteiger partial charge < -0.3 is 10.1 Å². The van der Waals surface area contributed by atoms with E-state index < -0.39 is 0 Å². The van der Waals surface area contributed by atoms with Crippen LogP contribution in [0.15, 0.2) is 30.6 Å². The second kappa shape index (κ2) is 2.94. The van der Waals surface area contributed by atoms with Gasteiger partial charge in [-0.25, -0.2) is 4.98 Å². The Bertz CT molecular complexity index is 420. The van der Waals surface area contributed by atoms with Crippen LogP contribution in [0, 0.1) is 6.92 Å². The molecule has 0 spiro atoms. The van der Waals surface area contributed by atoms with Gasteiger partial charge in [0.25, 0.3) is 0 Å². The normalized spacial score (nSPS) is 10.2. The molecule has 0 amide bonds. The van der Waals surface area contributed by atoms with Crippen LogP contribution in [0.25, 0.3) is 11.3 Å². The topological polar surface area (TPSA) is 48.9 Å². The third-order valence-corrected chi connectivity index (χ3v) is 1.95. The van der Waals surface area contributed by atoms with Crippen LogP contribution < -0.4 is 0 Å². The molecule has 3 nitrogen and oxygen atoms in total. The molecule has 1 heterocycles. The van der Waals surface area contributed by atoms with Crippen molar-refractivity contribution in [2.24, 2.45) is 0 Å². The lowest BCUT2D eigenvalue weighted by Crippen LogP contribution is -1.80. The van der Waals surface area contributed by atoms with E-state index in [1.54, 1.807) is 24.5 Å². The van der Waals surface area contributed by atoms with Gasteiger partial charge in [-0.05, 0) is 19.1 Å². The highest BCUT2D eigenvalue weighted by Gasteiger charge is 2.03. The van der Waals surface area contributed by atoms with Gasteiger partial charge >= 0.3 is 0 Å². The van der Waals surface area contributed by atoms with Crippen LogP contribution in [0.1, 0.15) is 5.69 Å². The van der Waals surface area contributed by atoms with Crippen molar-refractivity contribution in [1.29, 1.82) is 0 Å². The zero-order chi connectivity index (χ0) is 9.26. The van der Waals surface area contributed by atoms with Crippen molar-refractivity contribution in [3.05, 3.63) is 36.3 Å². The van der Waals surface area contributed by atoms with E-state index in [1.165, 1.54) is 0 Å². The van der Waals surface area contributed by atoms with Crippen LogP contribution in [-0.4, -0.2) is 15.1 Å². The fraction of sp³-hybridized carbons (Fsp3) is 0.100. The maximum atomic E-state index is 9.26. The summed E-state index contributed by atoms with van der Waals surface area (Å²) in [4.78, 5) is 7.15. The third-order valence-electron chi connectivity index (χ3n) is 1.95. The number of rotatable bonds is 1. The number of aryl methyl sites for hydroxylation is 1. The van der Waals surface area contributed by atoms with E-state index in [2.05, 4.69) is 9.97 Å². The molecule has 0 atom stereocenters. The highest BCUT2D eigenvalue weighted by molar-refractivity contribution is 5.62. The Morgan fingerprint density at radius 3 is 2.85 bits per heavy atom. The molecule has 0 aliphatic carbocycles. The van der Waals surface area contributed by atoms with Crippen LogP contribution in [0.2, 0.25) is 0 Å². The number of aromatic hydroxyl groups is 1. The summed E-state index contributed by atoms with van der Waals surface area (Å²) in [5.41, 5.74) is 2.82. The molecule has 0 bridgehead atoms. The Balaban J connectivity index is 2.53. The number of imidazole rings is 1. The van der Waals surface area contributed by atoms with E-state index in [-0.39, 0.29) is 5.75 Å². The summed E-state index contributed by atoms with van der Waals surface area (Å²) < 4.78 is 0. The molecule has 0 unspecified atom stereocenters. The van der Waals surface area contributed by atoms with Crippen molar-refractivity contribution in [2.75, 3.05) is 0 Å². The second-order valence-electron chi connectivity index (χ2n) is 2.93. The van der Waals surface area contributed by atoms with E-state index in [9.17, 15) is 5.11 Å². The zero-order valence-corrected chi connectivity index (χ0v) is 7.28. The number of nitrogens with one attached hydrogen (secondary N) is 1. The first-order valence-corrected chi connectivity index (χ1v) is 4.07. The van der Waals surface area contributed by atoms with Crippen LogP contribution in [0.4, 0.5) is 0 Å². The van der Waals surface area contributed by atoms with E-state index in [4.69, 9.17) is 0 Å². The Morgan fingerprint density at radius 2 is 2.23 bits per heavy atom. The number of hydrogen-bond acceptors (Lipinski definition) is 2. The molecule has 2 N–H and O–H groups in total. The van der Waals surface area contributed by atoms with Gasteiger partial charge in [0, 0.05) is 11.3 Å². The van der Waals surface area contributed by atoms with Crippen LogP contribution in [0.3, 0.4) is 0 Å². The Hall–Kier alpha value is -1.77. The van der Waals surface area contributed by atoms with E-state index in [1.807, 2.05) is 13.0 Å². The molecule has 66 valence electrons. The molecule has 0 saturated heterocycles. The smallest absolute Gasteiger partial charge is 0.116 e. The predicted molar refractivity (Wildman–Crippen MR) is 50.4 cm³/mol. The van der Waals surface area contributed by atoms with Gasteiger partial charge in [0.15, 0.2) is 0 Å². The van der Waals surface area contributed by atoms with Crippen molar-refractivity contribution < 1.29 is 5.11 Å². The minimum atomic E-state index is 0.264. The molecular formula is C10H10N2O. The summed E-state index contributed by atoms with van der Waals surface area (Å²) in [6.07, 6.45) is 1.65. The van der Waals surface area contributed by atoms with Crippen molar-refractivity contribution in [1.82, 2.24) is 9.97 Å². The number of aromatic nitrogens is 2. The van der Waals surface area contributed by atoms with Gasteiger partial charge in [0.05, 0.1) is 12.0 Å². The molecule has 0 saturated carbocycles. The number of aromatic amines is 1. The molecule has 1 aromatic carbocycles. The van der Waals surface area contributed by atoms with Crippen molar-refractivity contribution in [3.63, 3.8) is 0 Å². The number of benzene rings is 1. The van der Waals surface area contributed by atoms with Crippen molar-refractivity contribution in [2.45, 2.75) is 6.92 Å². The fourth-order valence-electron chi connectivity index (χ4n) is 1.30. The van der Waals surface area contributed by atoms with Crippen molar-refractivity contribution in [3.8, 4) is 17.0 Å². The molecule has 2 aromatic rings. The molecular weight excluding hydrogens is 164 g/mol. The molecule has 0 fully saturated rings. The van der Waals surface area contributed by atoms with Crippen LogP contribution in [0.5, 0.6) is 5.75 Å². The number of nitrogens with zero attached hydrogens (tertiary/aromatic N) is 1. The molecule has 3 heteroatoms. The lowest BCUT2D eigenvalue weighted by atomic mass is 10.1. The van der Waals surface area contributed by atoms with Gasteiger partial charge in [-0.15, -0.1) is 0 Å². The Kier molecular flexibility index (Phi) is 1.77. The van der Waals surface area contributed by atoms with Gasteiger partial charge in [-0.1, -0.05) is 12.1 Å². The first-order chi connectivity index (χ1) is 6.27. The van der Waals surface area contributed by atoms with E-state index in [0.717, 1.165) is 17.0 Å². The number of H-pyrrole nitrogens is 1. The fourth-order valence-corrected chi connectivity index (χ4v) is 1.30. The lowest BCUT2D eigenvalue weighted by molar-refractivity contribution is 0.475. The molecule has 1 aromatic heterocycles. The average Bonchev–Trinajstić information content (AvgIpc) is 2.51. The summed E-state index contributed by atoms with van der Waals surface area (Å²) in [7, 11) is 0. The summed E-state index contributed by atoms with van der Waals surface area (Å²) in [6.45, 7) is 1.95. The molecule has 0 aliphatic rings. The average molecular weight is 174 g/mol. The lowest BCUT2D eigenvalue weighted by Gasteiger charge is -1.98. The highest BCUT2D eigenvalue weighted by atomic mass is 16.3. The largest absolute Gasteiger partial charge is 0.508 e. The standard InChI is InChI=1S/C10H10N2O/c1-7-10(12-6-11-7)8-3-2-4-9(13)5-8/h2-6,13H,1H3,(H,11,12). The molecule has 0 radical (unpaired) electrons. The number of phenolic OH excluding ortho intramolecular Hbond substituents is 1. The number of hydrogen-bond donors (Lipinski definition) is 2. The van der Waals surface area contributed by atoms with Crippen LogP contribution in [-0.2, 0) is 0 Å². The first kappa shape index (κ1) is 7.86. The highest BCUT2D eigenvalue weighted by Crippen LogP contribution is 2.22. The van der Waals surface area contributed by atoms with Crippen molar-refractivity contribution >= 4 is 0 Å². The Labute approximate surface area is 76.1 Å². The minimum absolute atomic E-state index is 0.264. The summed E-state index contributed by atoms with van der Waals surface area (Å²) in [6, 6.07) is 7.07. The maximum Gasteiger partial charge on any atom is 0.116 e. The monoisotopic (exact) mass is 174 g/mol. The van der Waals surface area contributed by atoms with Gasteiger partial charge in [-0.3, -0.25) is 0 Å². The molecule has 13 heavy (non-hydrogen) atoms. The van der Waals surface area contributed by atoms with Gasteiger partial charge in [0.1, 0.15) is 5.75 Å². The summed E-state index contributed by atoms with van der Waals surface area (Å²) in [5.74, 6) is 0.264. The number of phenols is 1. The van der Waals surface area contributed by atoms with Gasteiger partial charge in [-0.2, -0.15) is 0 Å². The third kappa shape index (κ3) is 1.40. The minimum Gasteiger partial charge on any atom is -0.508 e. The van der Waals surface area contributed by atoms with E-state index in [0.29, 0.717) is 0 Å². The SMILES string of the molecule is Cc1[nH]cnc1-c1cccc(O)c1. The van der Waals surface area contributed by atoms with Gasteiger partial charge in [0.2, 0.25) is 0 Å². The maximum absolute atomic E-state index is 9.26. The first-order valence-electron chi connectivity index (χ1n) is 4.07. The van der Waals surface area contributed by atoms with Crippen LogP contribution >= 0.6 is 0 Å². The zero-order valence-electron chi connectivity index (χ0n) is 7.28. The summed E-state index contributed by atoms with van der Waals surface area (Å²) >= 11 is 0. The Morgan fingerprint density at radius 1 is 1.38 bits per heavy atom. The second-order valence-corrected chi connectivity index (χ2v) is 2.93. The quantitative estimate of drug-likeness (QED) is 0.695.